The predicted molar refractivity (Wildman–Crippen MR) is 105 cm³/mol. The quantitative estimate of drug-likeness (QED) is 0.788. The lowest BCUT2D eigenvalue weighted by molar-refractivity contribution is -0.131. The molecular weight excluding hydrogens is 352 g/mol. The Labute approximate surface area is 158 Å². The highest BCUT2D eigenvalue weighted by molar-refractivity contribution is 8.00. The third-order valence-corrected chi connectivity index (χ3v) is 6.38. The second kappa shape index (κ2) is 8.75. The van der Waals surface area contributed by atoms with E-state index in [1.165, 1.54) is 11.8 Å². The van der Waals surface area contributed by atoms with Crippen LogP contribution in [-0.2, 0) is 4.79 Å². The molecule has 2 aromatic rings. The first-order valence-corrected chi connectivity index (χ1v) is 9.87. The van der Waals surface area contributed by atoms with Crippen LogP contribution in [0.5, 0.6) is 0 Å². The van der Waals surface area contributed by atoms with Crippen molar-refractivity contribution in [1.29, 1.82) is 0 Å². The van der Waals surface area contributed by atoms with E-state index in [9.17, 15) is 4.79 Å². The van der Waals surface area contributed by atoms with Gasteiger partial charge in [0.25, 0.3) is 0 Å². The molecule has 1 fully saturated rings. The molecule has 5 heteroatoms. The van der Waals surface area contributed by atoms with Gasteiger partial charge in [-0.15, -0.1) is 11.8 Å². The minimum atomic E-state index is -0.271. The van der Waals surface area contributed by atoms with Gasteiger partial charge in [-0.1, -0.05) is 54.1 Å². The standard InChI is InChI=1S/C20H23ClN2OS/c1-22-16-11-13-23(14-12-16)20(24)19(15-7-3-2-4-8-15)25-18-10-6-5-9-17(18)21/h2-10,16,19,22H,11-14H2,1H3. The highest BCUT2D eigenvalue weighted by atomic mass is 35.5. The molecule has 0 spiro atoms. The van der Waals surface area contributed by atoms with Crippen LogP contribution in [0.1, 0.15) is 23.7 Å². The van der Waals surface area contributed by atoms with E-state index in [1.807, 2.05) is 66.5 Å². The number of hydrogen-bond acceptors (Lipinski definition) is 3. The van der Waals surface area contributed by atoms with Gasteiger partial charge in [0.2, 0.25) is 5.91 Å². The van der Waals surface area contributed by atoms with Gasteiger partial charge in [-0.2, -0.15) is 0 Å². The summed E-state index contributed by atoms with van der Waals surface area (Å²) >= 11 is 7.87. The summed E-state index contributed by atoms with van der Waals surface area (Å²) in [5, 5.41) is 3.73. The van der Waals surface area contributed by atoms with E-state index in [0.717, 1.165) is 36.4 Å². The Morgan fingerprint density at radius 2 is 1.76 bits per heavy atom. The molecule has 3 nitrogen and oxygen atoms in total. The van der Waals surface area contributed by atoms with Gasteiger partial charge >= 0.3 is 0 Å². The third kappa shape index (κ3) is 4.57. The van der Waals surface area contributed by atoms with Crippen molar-refractivity contribution in [3.8, 4) is 0 Å². The summed E-state index contributed by atoms with van der Waals surface area (Å²) in [6, 6.07) is 18.2. The number of amides is 1. The minimum absolute atomic E-state index is 0.172. The zero-order valence-electron chi connectivity index (χ0n) is 14.3. The minimum Gasteiger partial charge on any atom is -0.341 e. The summed E-state index contributed by atoms with van der Waals surface area (Å²) in [7, 11) is 1.99. The number of hydrogen-bond donors (Lipinski definition) is 1. The van der Waals surface area contributed by atoms with Crippen LogP contribution < -0.4 is 5.32 Å². The van der Waals surface area contributed by atoms with Gasteiger partial charge in [-0.3, -0.25) is 4.79 Å². The molecule has 0 saturated carbocycles. The van der Waals surface area contributed by atoms with E-state index in [1.54, 1.807) is 0 Å². The molecule has 132 valence electrons. The Balaban J connectivity index is 1.82. The molecule has 25 heavy (non-hydrogen) atoms. The zero-order valence-corrected chi connectivity index (χ0v) is 15.9. The molecule has 1 saturated heterocycles. The van der Waals surface area contributed by atoms with Crippen LogP contribution in [0.4, 0.5) is 0 Å². The van der Waals surface area contributed by atoms with E-state index in [4.69, 9.17) is 11.6 Å². The topological polar surface area (TPSA) is 32.3 Å². The van der Waals surface area contributed by atoms with Crippen molar-refractivity contribution >= 4 is 29.3 Å². The van der Waals surface area contributed by atoms with Gasteiger partial charge in [0.1, 0.15) is 5.25 Å². The first kappa shape index (κ1) is 18.3. The van der Waals surface area contributed by atoms with Crippen molar-refractivity contribution in [2.45, 2.75) is 29.0 Å². The van der Waals surface area contributed by atoms with Crippen molar-refractivity contribution in [3.63, 3.8) is 0 Å². The summed E-state index contributed by atoms with van der Waals surface area (Å²) < 4.78 is 0. The SMILES string of the molecule is CNC1CCN(C(=O)C(Sc2ccccc2Cl)c2ccccc2)CC1. The zero-order chi connectivity index (χ0) is 17.6. The van der Waals surface area contributed by atoms with Crippen LogP contribution in [-0.4, -0.2) is 37.0 Å². The van der Waals surface area contributed by atoms with Crippen LogP contribution in [0.25, 0.3) is 0 Å². The number of carbonyl (C=O) groups is 1. The van der Waals surface area contributed by atoms with Crippen LogP contribution >= 0.6 is 23.4 Å². The average molecular weight is 375 g/mol. The number of thioether (sulfide) groups is 1. The second-order valence-electron chi connectivity index (χ2n) is 6.23. The van der Waals surface area contributed by atoms with E-state index in [0.29, 0.717) is 11.1 Å². The Bertz CT molecular complexity index is 702. The monoisotopic (exact) mass is 374 g/mol. The summed E-state index contributed by atoms with van der Waals surface area (Å²) in [5.41, 5.74) is 1.02. The first-order valence-electron chi connectivity index (χ1n) is 8.61. The van der Waals surface area contributed by atoms with Crippen LogP contribution in [0.3, 0.4) is 0 Å². The molecular formula is C20H23ClN2OS. The fourth-order valence-corrected chi connectivity index (χ4v) is 4.51. The fraction of sp³-hybridized carbons (Fsp3) is 0.350. The van der Waals surface area contributed by atoms with Gasteiger partial charge in [-0.25, -0.2) is 0 Å². The van der Waals surface area contributed by atoms with E-state index in [2.05, 4.69) is 5.32 Å². The smallest absolute Gasteiger partial charge is 0.240 e. The molecule has 3 rings (SSSR count). The van der Waals surface area contributed by atoms with E-state index < -0.39 is 0 Å². The Hall–Kier alpha value is -1.49. The summed E-state index contributed by atoms with van der Waals surface area (Å²) in [6.07, 6.45) is 2.00. The van der Waals surface area contributed by atoms with Gasteiger partial charge in [0.05, 0.1) is 5.02 Å². The lowest BCUT2D eigenvalue weighted by Gasteiger charge is -2.34. The number of carbonyl (C=O) groups excluding carboxylic acids is 1. The van der Waals surface area contributed by atoms with Crippen molar-refractivity contribution in [3.05, 3.63) is 65.2 Å². The lowest BCUT2D eigenvalue weighted by atomic mass is 10.0. The van der Waals surface area contributed by atoms with Crippen molar-refractivity contribution in [1.82, 2.24) is 10.2 Å². The number of likely N-dealkylation sites (tertiary alicyclic amines) is 1. The lowest BCUT2D eigenvalue weighted by Crippen LogP contribution is -2.45. The average Bonchev–Trinajstić information content (AvgIpc) is 2.67. The maximum absolute atomic E-state index is 13.3. The molecule has 0 aromatic heterocycles. The molecule has 1 N–H and O–H groups in total. The van der Waals surface area contributed by atoms with Crippen LogP contribution in [0, 0.1) is 0 Å². The van der Waals surface area contributed by atoms with E-state index in [-0.39, 0.29) is 11.2 Å². The molecule has 2 aromatic carbocycles. The summed E-state index contributed by atoms with van der Waals surface area (Å²) in [4.78, 5) is 16.2. The number of benzene rings is 2. The highest BCUT2D eigenvalue weighted by Crippen LogP contribution is 2.40. The Morgan fingerprint density at radius 1 is 1.12 bits per heavy atom. The summed E-state index contributed by atoms with van der Waals surface area (Å²) in [5.74, 6) is 0.172. The highest BCUT2D eigenvalue weighted by Gasteiger charge is 2.30. The molecule has 0 bridgehead atoms. The van der Waals surface area contributed by atoms with Gasteiger partial charge < -0.3 is 10.2 Å². The van der Waals surface area contributed by atoms with Crippen LogP contribution in [0.15, 0.2) is 59.5 Å². The predicted octanol–water partition coefficient (Wildman–Crippen LogP) is 4.38. The summed E-state index contributed by atoms with van der Waals surface area (Å²) in [6.45, 7) is 1.60. The first-order chi connectivity index (χ1) is 12.2. The van der Waals surface area contributed by atoms with Gasteiger partial charge in [0.15, 0.2) is 0 Å². The number of rotatable bonds is 5. The maximum atomic E-state index is 13.3. The molecule has 0 radical (unpaired) electrons. The van der Waals surface area contributed by atoms with Crippen molar-refractivity contribution in [2.24, 2.45) is 0 Å². The Morgan fingerprint density at radius 3 is 2.40 bits per heavy atom. The maximum Gasteiger partial charge on any atom is 0.240 e. The number of piperidine rings is 1. The van der Waals surface area contributed by atoms with E-state index >= 15 is 0 Å². The number of halogens is 1. The molecule has 1 aliphatic rings. The molecule has 1 unspecified atom stereocenters. The molecule has 1 amide bonds. The fourth-order valence-electron chi connectivity index (χ4n) is 3.11. The van der Waals surface area contributed by atoms with Gasteiger partial charge in [0, 0.05) is 24.0 Å². The third-order valence-electron chi connectivity index (χ3n) is 4.62. The second-order valence-corrected chi connectivity index (χ2v) is 7.78. The van der Waals surface area contributed by atoms with Crippen LogP contribution in [0.2, 0.25) is 5.02 Å². The number of nitrogens with one attached hydrogen (secondary N) is 1. The molecule has 1 aliphatic heterocycles. The van der Waals surface area contributed by atoms with Gasteiger partial charge in [-0.05, 0) is 37.6 Å². The van der Waals surface area contributed by atoms with Crippen molar-refractivity contribution in [2.75, 3.05) is 20.1 Å². The molecule has 1 heterocycles. The Kier molecular flexibility index (Phi) is 6.40. The molecule has 1 atom stereocenters. The molecule has 0 aliphatic carbocycles. The largest absolute Gasteiger partial charge is 0.341 e. The normalized spacial score (nSPS) is 16.6. The number of nitrogens with zero attached hydrogens (tertiary/aromatic N) is 1. The van der Waals surface area contributed by atoms with Crippen molar-refractivity contribution < 1.29 is 4.79 Å².